The van der Waals surface area contributed by atoms with E-state index in [0.29, 0.717) is 70.5 Å². The smallest absolute Gasteiger partial charge is 0.220 e. The lowest BCUT2D eigenvalue weighted by Gasteiger charge is -2.15. The van der Waals surface area contributed by atoms with E-state index in [2.05, 4.69) is 224 Å². The van der Waals surface area contributed by atoms with E-state index in [1.165, 1.54) is 100 Å². The van der Waals surface area contributed by atoms with Crippen molar-refractivity contribution in [2.45, 2.75) is 170 Å². The molecule has 15 rings (SSSR count). The maximum atomic E-state index is 8.55. The van der Waals surface area contributed by atoms with E-state index in [1.54, 1.807) is 0 Å². The molecule has 600 valence electrons. The SMILES string of the molecule is [2H]c1c(C)[n+](C)c(-c2cc(C(C)C)cc(C)c2C)c2ccc([N+]#[C-])cc12.[2H]c1c(C)[n+](C)c(-c2cc(C(C)C)ccc2C)c2ccc([N+]#[C-])cc12.[2H]c1c(C)[n+](C)c(-c2cc(C)cc(C)c2C)c2ccc([N+]#[C-])cc12.[2H]c1c(C)[n+](C)c(-c2cc(CC)cc(CC)c2C)c2ccc([N+]#[C-])cc12.[2H]c1c(C)[n+](C)c(-c2cc(CC)ccc2C)c2ccc([N+]#[C-])cc12. The first-order valence-electron chi connectivity index (χ1n) is 43.9. The predicted molar refractivity (Wildman–Crippen MR) is 502 cm³/mol. The Morgan fingerprint density at radius 2 is 0.575 bits per heavy atom. The lowest BCUT2D eigenvalue weighted by Crippen LogP contribution is -2.35. The Bertz CT molecular complexity index is 7040. The molecule has 0 radical (unpaired) electrons. The van der Waals surface area contributed by atoms with Crippen molar-refractivity contribution in [2.24, 2.45) is 35.2 Å². The molecule has 10 aromatic carbocycles. The van der Waals surface area contributed by atoms with Crippen molar-refractivity contribution in [1.82, 2.24) is 0 Å². The van der Waals surface area contributed by atoms with E-state index >= 15 is 0 Å². The zero-order valence-corrected chi connectivity index (χ0v) is 74.8. The second-order valence-electron chi connectivity index (χ2n) is 32.6. The molecule has 120 heavy (non-hydrogen) atoms. The maximum Gasteiger partial charge on any atom is 0.220 e. The van der Waals surface area contributed by atoms with Gasteiger partial charge >= 0.3 is 0 Å². The second-order valence-corrected chi connectivity index (χ2v) is 32.6. The van der Waals surface area contributed by atoms with Gasteiger partial charge in [-0.1, -0.05) is 157 Å². The van der Waals surface area contributed by atoms with Crippen LogP contribution in [0.15, 0.2) is 194 Å². The molecule has 0 fully saturated rings. The highest BCUT2D eigenvalue weighted by molar-refractivity contribution is 6.00. The lowest BCUT2D eigenvalue weighted by atomic mass is 9.90. The summed E-state index contributed by atoms with van der Waals surface area (Å²) < 4.78 is 53.1. The van der Waals surface area contributed by atoms with E-state index in [9.17, 15) is 0 Å². The van der Waals surface area contributed by atoms with Crippen LogP contribution in [0.4, 0.5) is 28.4 Å². The monoisotopic (exact) mass is 1580 g/mol. The number of benzene rings is 10. The van der Waals surface area contributed by atoms with Gasteiger partial charge in [0, 0.05) is 76.0 Å². The van der Waals surface area contributed by atoms with Crippen molar-refractivity contribution >= 4 is 82.3 Å². The Labute approximate surface area is 720 Å². The first-order chi connectivity index (χ1) is 59.3. The Morgan fingerprint density at radius 1 is 0.283 bits per heavy atom. The van der Waals surface area contributed by atoms with Crippen LogP contribution in [0.1, 0.15) is 168 Å². The fourth-order valence-electron chi connectivity index (χ4n) is 16.1. The number of rotatable bonds is 10. The van der Waals surface area contributed by atoms with Gasteiger partial charge in [0.15, 0.2) is 56.9 Å². The summed E-state index contributed by atoms with van der Waals surface area (Å²) >= 11 is 0. The van der Waals surface area contributed by atoms with E-state index in [1.807, 2.05) is 161 Å². The Balaban J connectivity index is 0.000000152. The van der Waals surface area contributed by atoms with Crippen molar-refractivity contribution in [3.05, 3.63) is 352 Å². The quantitative estimate of drug-likeness (QED) is 0.0967. The summed E-state index contributed by atoms with van der Waals surface area (Å²) in [5.41, 5.74) is 35.7. The van der Waals surface area contributed by atoms with Gasteiger partial charge in [-0.3, -0.25) is 0 Å². The molecule has 0 aliphatic heterocycles. The Hall–Kier alpha value is -13.3. The Kier molecular flexibility index (Phi) is 24.9. The molecule has 5 aromatic heterocycles. The third-order valence-electron chi connectivity index (χ3n) is 24.2. The second kappa shape index (κ2) is 37.1. The molecule has 0 aliphatic rings. The molecular weight excluding hydrogens is 1460 g/mol. The molecule has 0 saturated carbocycles. The molecule has 0 N–H and O–H groups in total. The average Bonchev–Trinajstić information content (AvgIpc) is 0.762. The minimum atomic E-state index is 0.454. The van der Waals surface area contributed by atoms with Gasteiger partial charge in [-0.2, -0.15) is 22.8 Å². The van der Waals surface area contributed by atoms with E-state index < -0.39 is 0 Å². The largest absolute Gasteiger partial charge is 0.238 e. The highest BCUT2D eigenvalue weighted by Gasteiger charge is 2.28. The van der Waals surface area contributed by atoms with E-state index in [0.717, 1.165) is 130 Å². The maximum absolute atomic E-state index is 8.55. The van der Waals surface area contributed by atoms with Crippen LogP contribution in [0.25, 0.3) is 134 Å². The number of aromatic nitrogens is 5. The number of pyridine rings is 5. The molecule has 0 bridgehead atoms. The standard InChI is InChI=1S/2C23H25N2.C22H23N2.2C21H21N2/c1-14(2)18-10-15(3)17(5)22(13-18)23-21-9-8-20(24-6)12-19(21)11-16(4)25(23)7;1-7-17-12-18(8-2)16(4)22(13-17)23-21-10-9-20(24-5)14-19(21)11-15(3)25(23)6;1-14(2)17-8-7-15(3)21(13-17)22-20-10-9-19(23-5)12-18(20)11-16(4)24(22)6;1-13-9-14(2)16(4)20(10-13)21-19-8-7-18(22-5)12-17(19)11-15(3)23(21)6;1-6-16-8-7-14(2)20(12-16)21-19-10-9-18(22-4)13-17(19)11-15(3)23(21)5/h8-14H,1-5,7H3;9-14H,7-8H2,1-4,6H3;7-14H,1-4,6H3;7-12H,1-4,6H3;7-13H,6H2,1-3,5H3/q5*+1/i5*11D. The zero-order valence-electron chi connectivity index (χ0n) is 79.8. The minimum Gasteiger partial charge on any atom is -0.238 e. The van der Waals surface area contributed by atoms with Gasteiger partial charge in [0.05, 0.1) is 83.3 Å². The van der Waals surface area contributed by atoms with Gasteiger partial charge in [0.2, 0.25) is 28.5 Å². The summed E-state index contributed by atoms with van der Waals surface area (Å²) in [6, 6.07) is 57.6. The molecule has 0 atom stereocenters. The number of hydrogen-bond acceptors (Lipinski definition) is 0. The van der Waals surface area contributed by atoms with Crippen LogP contribution in [0, 0.1) is 123 Å². The van der Waals surface area contributed by atoms with Crippen LogP contribution in [0.5, 0.6) is 0 Å². The Morgan fingerprint density at radius 3 is 0.900 bits per heavy atom. The molecule has 15 aromatic rings. The molecule has 0 spiro atoms. The average molecular weight is 1580 g/mol. The number of fused-ring (bicyclic) bond motifs is 5. The van der Waals surface area contributed by atoms with Gasteiger partial charge in [0.1, 0.15) is 35.2 Å². The van der Waals surface area contributed by atoms with Gasteiger partial charge < -0.3 is 0 Å². The van der Waals surface area contributed by atoms with Crippen LogP contribution >= 0.6 is 0 Å². The molecule has 5 heterocycles. The van der Waals surface area contributed by atoms with Gasteiger partial charge in [0.25, 0.3) is 0 Å². The number of aryl methyl sites for hydroxylation is 8. The van der Waals surface area contributed by atoms with Gasteiger partial charge in [-0.25, -0.2) is 24.2 Å². The van der Waals surface area contributed by atoms with Crippen LogP contribution in [0.2, 0.25) is 0 Å². The van der Waals surface area contributed by atoms with Crippen molar-refractivity contribution in [3.63, 3.8) is 0 Å². The zero-order chi connectivity index (χ0) is 91.5. The fraction of sp³-hybridized carbons (Fsp3) is 0.273. The summed E-state index contributed by atoms with van der Waals surface area (Å²) in [5.74, 6) is 0.913. The summed E-state index contributed by atoms with van der Waals surface area (Å²) in [5, 5.41) is 9.35. The normalized spacial score (nSPS) is 11.5. The van der Waals surface area contributed by atoms with Gasteiger partial charge in [-0.15, -0.1) is 0 Å². The first kappa shape index (κ1) is 80.5. The van der Waals surface area contributed by atoms with Crippen LogP contribution in [-0.2, 0) is 54.5 Å². The van der Waals surface area contributed by atoms with Crippen LogP contribution < -0.4 is 22.8 Å². The van der Waals surface area contributed by atoms with Crippen molar-refractivity contribution in [1.29, 1.82) is 0 Å². The highest BCUT2D eigenvalue weighted by Crippen LogP contribution is 2.40. The molecule has 0 amide bonds. The molecule has 0 aliphatic carbocycles. The van der Waals surface area contributed by atoms with Crippen LogP contribution in [-0.4, -0.2) is 0 Å². The van der Waals surface area contributed by atoms with Crippen molar-refractivity contribution in [2.75, 3.05) is 0 Å². The topological polar surface area (TPSA) is 41.2 Å². The third kappa shape index (κ3) is 18.1. The number of nitrogens with zero attached hydrogens (tertiary/aromatic N) is 10. The first-order valence-corrected chi connectivity index (χ1v) is 41.4. The van der Waals surface area contributed by atoms with E-state index in [4.69, 9.17) is 39.7 Å². The summed E-state index contributed by atoms with van der Waals surface area (Å²) in [7, 11) is 10.1. The van der Waals surface area contributed by atoms with Crippen molar-refractivity contribution < 1.29 is 29.7 Å². The van der Waals surface area contributed by atoms with E-state index in [-0.39, 0.29) is 0 Å². The molecule has 0 unspecified atom stereocenters. The third-order valence-corrected chi connectivity index (χ3v) is 24.2. The predicted octanol–water partition coefficient (Wildman–Crippen LogP) is 27.4. The van der Waals surface area contributed by atoms with Crippen molar-refractivity contribution in [3.8, 4) is 56.3 Å². The highest BCUT2D eigenvalue weighted by atomic mass is 15.0. The summed E-state index contributed by atoms with van der Waals surface area (Å²) in [4.78, 5) is 17.7. The molecule has 10 heteroatoms. The van der Waals surface area contributed by atoms with Crippen LogP contribution in [0.3, 0.4) is 0 Å². The molecule has 10 nitrogen and oxygen atoms in total. The molecule has 0 saturated heterocycles. The molecular formula is C110H115N10+5. The minimum absolute atomic E-state index is 0.454. The fourth-order valence-corrected chi connectivity index (χ4v) is 16.1. The van der Waals surface area contributed by atoms with Gasteiger partial charge in [-0.05, 0) is 241 Å². The summed E-state index contributed by atoms with van der Waals surface area (Å²) in [6.45, 7) is 78.8. The number of hydrogen-bond donors (Lipinski definition) is 0. The lowest BCUT2D eigenvalue weighted by molar-refractivity contribution is -0.665. The summed E-state index contributed by atoms with van der Waals surface area (Å²) in [6.07, 6.45) is 3.00.